The minimum atomic E-state index is 0.590. The standard InChI is InChI=1S/C13H18N2OS/c1-3-7-15-8-9-16-12-5-4-6-13(17-2)11(12)10-14/h4-6,15H,3,7-9H2,1-2H3. The highest BCUT2D eigenvalue weighted by atomic mass is 32.2. The van der Waals surface area contributed by atoms with Crippen LogP contribution in [-0.2, 0) is 0 Å². The van der Waals surface area contributed by atoms with E-state index in [1.807, 2.05) is 24.5 Å². The second kappa shape index (κ2) is 7.99. The molecule has 0 aromatic heterocycles. The molecule has 0 amide bonds. The first kappa shape index (κ1) is 13.9. The first-order valence-corrected chi connectivity index (χ1v) is 6.96. The molecule has 1 N–H and O–H groups in total. The summed E-state index contributed by atoms with van der Waals surface area (Å²) < 4.78 is 5.62. The van der Waals surface area contributed by atoms with E-state index in [-0.39, 0.29) is 0 Å². The smallest absolute Gasteiger partial charge is 0.138 e. The molecule has 1 aromatic rings. The van der Waals surface area contributed by atoms with E-state index in [4.69, 9.17) is 10.00 Å². The van der Waals surface area contributed by atoms with Gasteiger partial charge in [0.15, 0.2) is 0 Å². The summed E-state index contributed by atoms with van der Waals surface area (Å²) in [7, 11) is 0. The predicted octanol–water partition coefficient (Wildman–Crippen LogP) is 2.66. The molecule has 0 unspecified atom stereocenters. The Morgan fingerprint density at radius 3 is 2.88 bits per heavy atom. The summed E-state index contributed by atoms with van der Waals surface area (Å²) in [5.74, 6) is 0.678. The highest BCUT2D eigenvalue weighted by molar-refractivity contribution is 7.98. The third kappa shape index (κ3) is 4.29. The van der Waals surface area contributed by atoms with Crippen LogP contribution >= 0.6 is 11.8 Å². The van der Waals surface area contributed by atoms with Crippen LogP contribution in [0.3, 0.4) is 0 Å². The number of hydrogen-bond acceptors (Lipinski definition) is 4. The predicted molar refractivity (Wildman–Crippen MR) is 71.6 cm³/mol. The van der Waals surface area contributed by atoms with E-state index >= 15 is 0 Å². The van der Waals surface area contributed by atoms with Gasteiger partial charge in [0.25, 0.3) is 0 Å². The molecule has 3 nitrogen and oxygen atoms in total. The number of nitriles is 1. The van der Waals surface area contributed by atoms with E-state index in [0.717, 1.165) is 24.4 Å². The molecule has 0 saturated carbocycles. The van der Waals surface area contributed by atoms with Gasteiger partial charge >= 0.3 is 0 Å². The number of benzene rings is 1. The Morgan fingerprint density at radius 2 is 2.24 bits per heavy atom. The number of hydrogen-bond donors (Lipinski definition) is 1. The summed E-state index contributed by atoms with van der Waals surface area (Å²) in [4.78, 5) is 0.964. The summed E-state index contributed by atoms with van der Waals surface area (Å²) in [6.45, 7) is 4.53. The minimum Gasteiger partial charge on any atom is -0.491 e. The van der Waals surface area contributed by atoms with Crippen LogP contribution < -0.4 is 10.1 Å². The average molecular weight is 250 g/mol. The lowest BCUT2D eigenvalue weighted by Crippen LogP contribution is -2.21. The molecule has 0 heterocycles. The zero-order chi connectivity index (χ0) is 12.5. The van der Waals surface area contributed by atoms with Crippen molar-refractivity contribution >= 4 is 11.8 Å². The van der Waals surface area contributed by atoms with Gasteiger partial charge in [0.2, 0.25) is 0 Å². The molecular formula is C13H18N2OS. The van der Waals surface area contributed by atoms with Crippen molar-refractivity contribution in [3.63, 3.8) is 0 Å². The molecule has 0 aliphatic carbocycles. The maximum Gasteiger partial charge on any atom is 0.138 e. The van der Waals surface area contributed by atoms with E-state index in [0.29, 0.717) is 17.9 Å². The Bertz CT molecular complexity index is 387. The number of ether oxygens (including phenoxy) is 1. The lowest BCUT2D eigenvalue weighted by Gasteiger charge is -2.10. The van der Waals surface area contributed by atoms with Gasteiger partial charge in [-0.15, -0.1) is 11.8 Å². The highest BCUT2D eigenvalue weighted by Gasteiger charge is 2.07. The van der Waals surface area contributed by atoms with Crippen LogP contribution in [0.15, 0.2) is 23.1 Å². The van der Waals surface area contributed by atoms with Gasteiger partial charge in [0.05, 0.1) is 0 Å². The van der Waals surface area contributed by atoms with Gasteiger partial charge in [-0.3, -0.25) is 0 Å². The van der Waals surface area contributed by atoms with E-state index in [9.17, 15) is 0 Å². The summed E-state index contributed by atoms with van der Waals surface area (Å²) in [6, 6.07) is 7.90. The molecule has 17 heavy (non-hydrogen) atoms. The Hall–Kier alpha value is -1.18. The van der Waals surface area contributed by atoms with Crippen LogP contribution in [0, 0.1) is 11.3 Å². The van der Waals surface area contributed by atoms with Gasteiger partial charge in [-0.2, -0.15) is 5.26 Å². The second-order valence-electron chi connectivity index (χ2n) is 3.54. The van der Waals surface area contributed by atoms with Crippen molar-refractivity contribution in [1.82, 2.24) is 5.32 Å². The molecule has 0 saturated heterocycles. The molecule has 1 rings (SSSR count). The summed E-state index contributed by atoms with van der Waals surface area (Å²) in [5.41, 5.74) is 0.635. The number of thioether (sulfide) groups is 1. The van der Waals surface area contributed by atoms with Crippen molar-refractivity contribution in [1.29, 1.82) is 5.26 Å². The van der Waals surface area contributed by atoms with Gasteiger partial charge in [-0.25, -0.2) is 0 Å². The molecule has 0 aliphatic rings. The molecule has 92 valence electrons. The van der Waals surface area contributed by atoms with Crippen LogP contribution in [0.4, 0.5) is 0 Å². The van der Waals surface area contributed by atoms with E-state index < -0.39 is 0 Å². The number of rotatable bonds is 7. The van der Waals surface area contributed by atoms with Crippen molar-refractivity contribution in [2.24, 2.45) is 0 Å². The fourth-order valence-corrected chi connectivity index (χ4v) is 2.01. The summed E-state index contributed by atoms with van der Waals surface area (Å²) in [5, 5.41) is 12.4. The fourth-order valence-electron chi connectivity index (χ4n) is 1.45. The average Bonchev–Trinajstić information content (AvgIpc) is 2.38. The molecule has 1 aromatic carbocycles. The normalized spacial score (nSPS) is 9.94. The molecule has 4 heteroatoms. The van der Waals surface area contributed by atoms with Gasteiger partial charge in [0, 0.05) is 11.4 Å². The Labute approximate surface area is 107 Å². The van der Waals surface area contributed by atoms with E-state index in [2.05, 4.69) is 18.3 Å². The quantitative estimate of drug-likeness (QED) is 0.597. The van der Waals surface area contributed by atoms with Crippen molar-refractivity contribution in [3.8, 4) is 11.8 Å². The Kier molecular flexibility index (Phi) is 6.53. The first-order valence-electron chi connectivity index (χ1n) is 5.74. The topological polar surface area (TPSA) is 45.0 Å². The third-order valence-corrected chi connectivity index (χ3v) is 3.06. The van der Waals surface area contributed by atoms with E-state index in [1.165, 1.54) is 0 Å². The molecule has 0 radical (unpaired) electrons. The van der Waals surface area contributed by atoms with Crippen LogP contribution in [0.5, 0.6) is 5.75 Å². The van der Waals surface area contributed by atoms with Gasteiger partial charge in [-0.05, 0) is 31.4 Å². The maximum absolute atomic E-state index is 9.11. The summed E-state index contributed by atoms with van der Waals surface area (Å²) >= 11 is 1.56. The highest BCUT2D eigenvalue weighted by Crippen LogP contribution is 2.27. The van der Waals surface area contributed by atoms with Crippen molar-refractivity contribution in [2.75, 3.05) is 26.0 Å². The Morgan fingerprint density at radius 1 is 1.41 bits per heavy atom. The molecule has 0 spiro atoms. The van der Waals surface area contributed by atoms with Crippen LogP contribution in [0.25, 0.3) is 0 Å². The zero-order valence-electron chi connectivity index (χ0n) is 10.3. The number of nitrogens with zero attached hydrogens (tertiary/aromatic N) is 1. The molecule has 0 bridgehead atoms. The van der Waals surface area contributed by atoms with Gasteiger partial charge in [-0.1, -0.05) is 13.0 Å². The minimum absolute atomic E-state index is 0.590. The van der Waals surface area contributed by atoms with Gasteiger partial charge < -0.3 is 10.1 Å². The van der Waals surface area contributed by atoms with Gasteiger partial charge in [0.1, 0.15) is 24.0 Å². The van der Waals surface area contributed by atoms with Crippen LogP contribution in [0.2, 0.25) is 0 Å². The lowest BCUT2D eigenvalue weighted by atomic mass is 10.2. The summed E-state index contributed by atoms with van der Waals surface area (Å²) in [6.07, 6.45) is 3.08. The lowest BCUT2D eigenvalue weighted by molar-refractivity contribution is 0.312. The van der Waals surface area contributed by atoms with Crippen LogP contribution in [0.1, 0.15) is 18.9 Å². The fraction of sp³-hybridized carbons (Fsp3) is 0.462. The van der Waals surface area contributed by atoms with Crippen molar-refractivity contribution in [2.45, 2.75) is 18.2 Å². The number of nitrogens with one attached hydrogen (secondary N) is 1. The molecule has 0 aliphatic heterocycles. The molecule has 0 fully saturated rings. The zero-order valence-corrected chi connectivity index (χ0v) is 11.1. The second-order valence-corrected chi connectivity index (χ2v) is 4.39. The van der Waals surface area contributed by atoms with Crippen molar-refractivity contribution in [3.05, 3.63) is 23.8 Å². The third-order valence-electron chi connectivity index (χ3n) is 2.28. The largest absolute Gasteiger partial charge is 0.491 e. The van der Waals surface area contributed by atoms with Crippen molar-refractivity contribution < 1.29 is 4.74 Å². The monoisotopic (exact) mass is 250 g/mol. The van der Waals surface area contributed by atoms with E-state index in [1.54, 1.807) is 11.8 Å². The van der Waals surface area contributed by atoms with Crippen LogP contribution in [-0.4, -0.2) is 26.0 Å². The first-order chi connectivity index (χ1) is 8.33. The molecule has 0 atom stereocenters. The Balaban J connectivity index is 2.56. The SMILES string of the molecule is CCCNCCOc1cccc(SC)c1C#N. The maximum atomic E-state index is 9.11. The molecular weight excluding hydrogens is 232 g/mol.